The summed E-state index contributed by atoms with van der Waals surface area (Å²) >= 11 is 0. The molecule has 4 nitrogen and oxygen atoms in total. The molecule has 0 bridgehead atoms. The van der Waals surface area contributed by atoms with Crippen molar-refractivity contribution in [1.29, 1.82) is 0 Å². The minimum Gasteiger partial charge on any atom is -0.303 e. The van der Waals surface area contributed by atoms with Crippen LogP contribution in [0.5, 0.6) is 0 Å². The third-order valence-electron chi connectivity index (χ3n) is 7.65. The highest BCUT2D eigenvalue weighted by atomic mass is 16.1. The number of aryl methyl sites for hydroxylation is 1. The average molecular weight is 416 g/mol. The van der Waals surface area contributed by atoms with Crippen molar-refractivity contribution in [1.82, 2.24) is 14.7 Å². The van der Waals surface area contributed by atoms with Gasteiger partial charge in [-0.3, -0.25) is 9.48 Å². The van der Waals surface area contributed by atoms with E-state index in [-0.39, 0.29) is 5.92 Å². The molecule has 1 aromatic heterocycles. The van der Waals surface area contributed by atoms with Crippen LogP contribution in [-0.2, 0) is 17.8 Å². The van der Waals surface area contributed by atoms with Gasteiger partial charge >= 0.3 is 0 Å². The maximum absolute atomic E-state index is 12.2. The first-order chi connectivity index (χ1) is 14.5. The summed E-state index contributed by atoms with van der Waals surface area (Å²) in [5, 5.41) is 4.52. The molecule has 2 heterocycles. The Morgan fingerprint density at radius 3 is 2.40 bits per heavy atom. The van der Waals surface area contributed by atoms with Gasteiger partial charge in [-0.25, -0.2) is 0 Å². The number of unbranched alkanes of at least 4 members (excludes halogenated alkanes) is 2. The van der Waals surface area contributed by atoms with Gasteiger partial charge in [0.25, 0.3) is 0 Å². The number of Topliss-reactive ketones (excluding diaryl/α,β-unsaturated/α-hetero) is 1. The van der Waals surface area contributed by atoms with Crippen LogP contribution in [-0.4, -0.2) is 40.1 Å². The van der Waals surface area contributed by atoms with Gasteiger partial charge in [0.05, 0.1) is 6.20 Å². The normalized spacial score (nSPS) is 23.9. The number of carbonyl (C=O) groups excluding carboxylic acids is 1. The minimum atomic E-state index is 0.219. The van der Waals surface area contributed by atoms with Gasteiger partial charge in [-0.05, 0) is 88.4 Å². The van der Waals surface area contributed by atoms with E-state index >= 15 is 0 Å². The van der Waals surface area contributed by atoms with Crippen LogP contribution < -0.4 is 0 Å². The van der Waals surface area contributed by atoms with Gasteiger partial charge in [-0.15, -0.1) is 0 Å². The van der Waals surface area contributed by atoms with E-state index in [0.717, 1.165) is 37.6 Å². The number of carbonyl (C=O) groups is 1. The molecule has 3 rings (SSSR count). The topological polar surface area (TPSA) is 38.1 Å². The van der Waals surface area contributed by atoms with Crippen LogP contribution in [0.15, 0.2) is 12.4 Å². The molecular formula is C26H45N3O. The summed E-state index contributed by atoms with van der Waals surface area (Å²) in [5.74, 6) is 2.77. The van der Waals surface area contributed by atoms with E-state index in [1.165, 1.54) is 76.6 Å². The summed E-state index contributed by atoms with van der Waals surface area (Å²) in [6.45, 7) is 11.2. The number of rotatable bonds is 11. The van der Waals surface area contributed by atoms with Gasteiger partial charge in [0.1, 0.15) is 5.78 Å². The molecule has 30 heavy (non-hydrogen) atoms. The van der Waals surface area contributed by atoms with E-state index in [0.29, 0.717) is 11.7 Å². The second-order valence-corrected chi connectivity index (χ2v) is 10.3. The van der Waals surface area contributed by atoms with Crippen LogP contribution in [0.1, 0.15) is 90.5 Å². The Morgan fingerprint density at radius 1 is 1.03 bits per heavy atom. The lowest BCUT2D eigenvalue weighted by Gasteiger charge is -2.32. The Kier molecular flexibility index (Phi) is 9.42. The Morgan fingerprint density at radius 2 is 1.77 bits per heavy atom. The molecule has 1 aliphatic heterocycles. The van der Waals surface area contributed by atoms with Crippen molar-refractivity contribution in [2.75, 3.05) is 19.6 Å². The van der Waals surface area contributed by atoms with Crippen molar-refractivity contribution in [3.8, 4) is 0 Å². The van der Waals surface area contributed by atoms with E-state index in [2.05, 4.69) is 41.6 Å². The smallest absolute Gasteiger partial charge is 0.138 e. The van der Waals surface area contributed by atoms with E-state index in [4.69, 9.17) is 0 Å². The molecule has 0 unspecified atom stereocenters. The number of hydrogen-bond donors (Lipinski definition) is 0. The summed E-state index contributed by atoms with van der Waals surface area (Å²) in [4.78, 5) is 14.9. The standard InChI is InChI=1S/C26H45N3O/c1-4-22-18-27-29(19-22)20-24-13-16-28(17-14-24)15-7-5-6-8-23-9-11-25(12-10-23)26(30)21(2)3/h18-19,21,23-25H,4-17,20H2,1-3H3. The highest BCUT2D eigenvalue weighted by molar-refractivity contribution is 5.82. The van der Waals surface area contributed by atoms with E-state index in [9.17, 15) is 4.79 Å². The summed E-state index contributed by atoms with van der Waals surface area (Å²) in [7, 11) is 0. The summed E-state index contributed by atoms with van der Waals surface area (Å²) < 4.78 is 2.16. The molecule has 0 atom stereocenters. The van der Waals surface area contributed by atoms with Crippen molar-refractivity contribution >= 4 is 5.78 Å². The highest BCUT2D eigenvalue weighted by Crippen LogP contribution is 2.33. The number of aromatic nitrogens is 2. The van der Waals surface area contributed by atoms with Gasteiger partial charge in [0.2, 0.25) is 0 Å². The second-order valence-electron chi connectivity index (χ2n) is 10.3. The monoisotopic (exact) mass is 415 g/mol. The van der Waals surface area contributed by atoms with Crippen LogP contribution in [0.4, 0.5) is 0 Å². The molecule has 170 valence electrons. The fourth-order valence-corrected chi connectivity index (χ4v) is 5.50. The molecule has 4 heteroatoms. The van der Waals surface area contributed by atoms with E-state index < -0.39 is 0 Å². The Balaban J connectivity index is 1.20. The van der Waals surface area contributed by atoms with E-state index in [1.807, 2.05) is 6.20 Å². The molecule has 0 aromatic carbocycles. The molecule has 0 N–H and O–H groups in total. The third kappa shape index (κ3) is 7.21. The van der Waals surface area contributed by atoms with Crippen molar-refractivity contribution < 1.29 is 4.79 Å². The number of likely N-dealkylation sites (tertiary alicyclic amines) is 1. The van der Waals surface area contributed by atoms with Crippen molar-refractivity contribution in [2.24, 2.45) is 23.7 Å². The van der Waals surface area contributed by atoms with Gasteiger partial charge in [-0.2, -0.15) is 5.10 Å². The molecule has 0 radical (unpaired) electrons. The zero-order chi connectivity index (χ0) is 21.3. The second kappa shape index (κ2) is 12.0. The van der Waals surface area contributed by atoms with Crippen LogP contribution in [0.3, 0.4) is 0 Å². The maximum Gasteiger partial charge on any atom is 0.138 e. The molecule has 1 aromatic rings. The zero-order valence-corrected chi connectivity index (χ0v) is 19.8. The molecule has 1 saturated heterocycles. The summed E-state index contributed by atoms with van der Waals surface area (Å²) in [6.07, 6.45) is 18.3. The molecule has 0 amide bonds. The number of nitrogens with zero attached hydrogens (tertiary/aromatic N) is 3. The summed E-state index contributed by atoms with van der Waals surface area (Å²) in [5.41, 5.74) is 1.35. The SMILES string of the molecule is CCc1cnn(CC2CCN(CCCCCC3CCC(C(=O)C(C)C)CC3)CC2)c1. The average Bonchev–Trinajstić information content (AvgIpc) is 3.22. The first-order valence-corrected chi connectivity index (χ1v) is 12.8. The lowest BCUT2D eigenvalue weighted by atomic mass is 9.76. The van der Waals surface area contributed by atoms with Gasteiger partial charge in [-0.1, -0.05) is 40.0 Å². The molecule has 2 aliphatic rings. The first kappa shape index (κ1) is 23.5. The Labute approximate surface area is 184 Å². The fourth-order valence-electron chi connectivity index (χ4n) is 5.50. The van der Waals surface area contributed by atoms with Gasteiger partial charge in [0, 0.05) is 24.6 Å². The lowest BCUT2D eigenvalue weighted by Crippen LogP contribution is -2.35. The van der Waals surface area contributed by atoms with Crippen LogP contribution in [0, 0.1) is 23.7 Å². The van der Waals surface area contributed by atoms with Crippen molar-refractivity contribution in [3.63, 3.8) is 0 Å². The molecular weight excluding hydrogens is 370 g/mol. The quantitative estimate of drug-likeness (QED) is 0.432. The third-order valence-corrected chi connectivity index (χ3v) is 7.65. The van der Waals surface area contributed by atoms with Crippen LogP contribution in [0.2, 0.25) is 0 Å². The van der Waals surface area contributed by atoms with Gasteiger partial charge < -0.3 is 4.90 Å². The van der Waals surface area contributed by atoms with E-state index in [1.54, 1.807) is 0 Å². The molecule has 1 aliphatic carbocycles. The number of hydrogen-bond acceptors (Lipinski definition) is 3. The molecule has 0 spiro atoms. The Hall–Kier alpha value is -1.16. The molecule has 2 fully saturated rings. The van der Waals surface area contributed by atoms with Crippen LogP contribution >= 0.6 is 0 Å². The number of piperidine rings is 1. The number of ketones is 1. The predicted octanol–water partition coefficient (Wildman–Crippen LogP) is 5.75. The zero-order valence-electron chi connectivity index (χ0n) is 19.8. The Bertz CT molecular complexity index is 622. The largest absolute Gasteiger partial charge is 0.303 e. The van der Waals surface area contributed by atoms with Crippen LogP contribution in [0.25, 0.3) is 0 Å². The van der Waals surface area contributed by atoms with Crippen molar-refractivity contribution in [3.05, 3.63) is 18.0 Å². The van der Waals surface area contributed by atoms with Gasteiger partial charge in [0.15, 0.2) is 0 Å². The minimum absolute atomic E-state index is 0.219. The maximum atomic E-state index is 12.2. The summed E-state index contributed by atoms with van der Waals surface area (Å²) in [6, 6.07) is 0. The first-order valence-electron chi connectivity index (χ1n) is 12.8. The molecule has 1 saturated carbocycles. The van der Waals surface area contributed by atoms with Crippen molar-refractivity contribution in [2.45, 2.75) is 97.9 Å². The lowest BCUT2D eigenvalue weighted by molar-refractivity contribution is -0.127. The fraction of sp³-hybridized carbons (Fsp3) is 0.846. The predicted molar refractivity (Wildman–Crippen MR) is 125 cm³/mol. The highest BCUT2D eigenvalue weighted by Gasteiger charge is 2.27.